The molecule has 2 rings (SSSR count). The summed E-state index contributed by atoms with van der Waals surface area (Å²) in [7, 11) is 1.93. The third kappa shape index (κ3) is 2.99. The topological polar surface area (TPSA) is 24.9 Å². The van der Waals surface area contributed by atoms with Gasteiger partial charge in [0.15, 0.2) is 0 Å². The molecule has 2 aromatic heterocycles. The monoisotopic (exact) mass is 286 g/mol. The fourth-order valence-corrected chi connectivity index (χ4v) is 3.17. The maximum absolute atomic E-state index is 6.14. The molecule has 2 nitrogen and oxygen atoms in total. The van der Waals surface area contributed by atoms with Gasteiger partial charge in [-0.15, -0.1) is 11.3 Å². The van der Waals surface area contributed by atoms with Crippen LogP contribution in [0.15, 0.2) is 29.9 Å². The molecule has 0 aliphatic carbocycles. The van der Waals surface area contributed by atoms with Gasteiger partial charge < -0.3 is 5.32 Å². The van der Waals surface area contributed by atoms with Crippen molar-refractivity contribution in [3.63, 3.8) is 0 Å². The van der Waals surface area contributed by atoms with Gasteiger partial charge in [-0.25, -0.2) is 0 Å². The van der Waals surface area contributed by atoms with Crippen LogP contribution in [0.4, 0.5) is 0 Å². The van der Waals surface area contributed by atoms with Gasteiger partial charge in [0, 0.05) is 23.3 Å². The lowest BCUT2D eigenvalue weighted by Crippen LogP contribution is -2.18. The van der Waals surface area contributed by atoms with Crippen LogP contribution >= 0.6 is 34.5 Å². The van der Waals surface area contributed by atoms with E-state index in [0.717, 1.165) is 21.9 Å². The molecule has 0 radical (unpaired) electrons. The van der Waals surface area contributed by atoms with E-state index >= 15 is 0 Å². The van der Waals surface area contributed by atoms with Crippen molar-refractivity contribution < 1.29 is 0 Å². The molecule has 1 unspecified atom stereocenters. The summed E-state index contributed by atoms with van der Waals surface area (Å²) in [5.74, 6) is 0. The molecule has 0 aromatic carbocycles. The van der Waals surface area contributed by atoms with Gasteiger partial charge in [-0.3, -0.25) is 4.98 Å². The molecule has 0 bridgehead atoms. The van der Waals surface area contributed by atoms with E-state index in [1.807, 2.05) is 24.6 Å². The number of hydrogen-bond donors (Lipinski definition) is 1. The molecule has 17 heavy (non-hydrogen) atoms. The molecule has 0 aliphatic heterocycles. The van der Waals surface area contributed by atoms with Gasteiger partial charge in [-0.2, -0.15) is 0 Å². The molecule has 0 saturated carbocycles. The second-order valence-corrected chi connectivity index (χ2v) is 5.41. The summed E-state index contributed by atoms with van der Waals surface area (Å²) in [6.45, 7) is 0. The molecule has 1 atom stereocenters. The van der Waals surface area contributed by atoms with E-state index in [2.05, 4.69) is 10.3 Å². The highest BCUT2D eigenvalue weighted by Crippen LogP contribution is 2.31. The molecule has 0 spiro atoms. The zero-order valence-corrected chi connectivity index (χ0v) is 11.6. The van der Waals surface area contributed by atoms with E-state index < -0.39 is 0 Å². The summed E-state index contributed by atoms with van der Waals surface area (Å²) in [4.78, 5) is 5.12. The highest BCUT2D eigenvalue weighted by Gasteiger charge is 2.16. The average Bonchev–Trinajstić information content (AvgIpc) is 2.75. The molecule has 0 fully saturated rings. The van der Waals surface area contributed by atoms with Gasteiger partial charge in [0.05, 0.1) is 10.0 Å². The zero-order chi connectivity index (χ0) is 12.3. The molecule has 1 N–H and O–H groups in total. The van der Waals surface area contributed by atoms with E-state index in [1.165, 1.54) is 0 Å². The normalized spacial score (nSPS) is 12.6. The Kier molecular flexibility index (Phi) is 4.40. The van der Waals surface area contributed by atoms with Gasteiger partial charge >= 0.3 is 0 Å². The fourth-order valence-electron chi connectivity index (χ4n) is 1.67. The third-order valence-electron chi connectivity index (χ3n) is 2.59. The van der Waals surface area contributed by atoms with Crippen molar-refractivity contribution in [3.8, 4) is 0 Å². The van der Waals surface area contributed by atoms with Crippen LogP contribution in [0.25, 0.3) is 0 Å². The van der Waals surface area contributed by atoms with Crippen LogP contribution in [0.5, 0.6) is 0 Å². The summed E-state index contributed by atoms with van der Waals surface area (Å²) in [5.41, 5.74) is 1.07. The number of rotatable bonds is 4. The Balaban J connectivity index is 2.22. The SMILES string of the molecule is CNC(Cc1ccncc1Cl)c1sccc1Cl. The van der Waals surface area contributed by atoms with Gasteiger partial charge in [-0.05, 0) is 36.5 Å². The van der Waals surface area contributed by atoms with Crippen molar-refractivity contribution in [3.05, 3.63) is 50.4 Å². The van der Waals surface area contributed by atoms with Crippen LogP contribution in [0, 0.1) is 0 Å². The first-order chi connectivity index (χ1) is 8.22. The van der Waals surface area contributed by atoms with Crippen LogP contribution in [-0.2, 0) is 6.42 Å². The molecular weight excluding hydrogens is 275 g/mol. The maximum Gasteiger partial charge on any atom is 0.0622 e. The third-order valence-corrected chi connectivity index (χ3v) is 4.40. The summed E-state index contributed by atoms with van der Waals surface area (Å²) < 4.78 is 0. The van der Waals surface area contributed by atoms with Crippen molar-refractivity contribution in [2.24, 2.45) is 0 Å². The smallest absolute Gasteiger partial charge is 0.0622 e. The lowest BCUT2D eigenvalue weighted by molar-refractivity contribution is 0.602. The second kappa shape index (κ2) is 5.83. The molecule has 0 aliphatic rings. The van der Waals surface area contributed by atoms with Crippen LogP contribution < -0.4 is 5.32 Å². The number of nitrogens with zero attached hydrogens (tertiary/aromatic N) is 1. The number of likely N-dealkylation sites (N-methyl/N-ethyl adjacent to an activating group) is 1. The summed E-state index contributed by atoms with van der Waals surface area (Å²) in [6, 6.07) is 4.04. The van der Waals surface area contributed by atoms with Gasteiger partial charge in [0.25, 0.3) is 0 Å². The number of nitrogens with one attached hydrogen (secondary N) is 1. The van der Waals surface area contributed by atoms with Crippen LogP contribution in [0.3, 0.4) is 0 Å². The van der Waals surface area contributed by atoms with Crippen LogP contribution in [-0.4, -0.2) is 12.0 Å². The summed E-state index contributed by atoms with van der Waals surface area (Å²) in [5, 5.41) is 6.76. The van der Waals surface area contributed by atoms with E-state index in [9.17, 15) is 0 Å². The molecule has 0 amide bonds. The summed E-state index contributed by atoms with van der Waals surface area (Å²) in [6.07, 6.45) is 4.22. The standard InChI is InChI=1S/C12H12Cl2N2S/c1-15-11(12-9(13)3-5-17-12)6-8-2-4-16-7-10(8)14/h2-5,7,11,15H,6H2,1H3. The second-order valence-electron chi connectivity index (χ2n) is 3.65. The van der Waals surface area contributed by atoms with E-state index in [1.54, 1.807) is 23.7 Å². The Labute approximate surface area is 115 Å². The number of pyridine rings is 1. The lowest BCUT2D eigenvalue weighted by atomic mass is 10.1. The minimum absolute atomic E-state index is 0.183. The van der Waals surface area contributed by atoms with Gasteiger partial charge in [0.1, 0.15) is 0 Å². The quantitative estimate of drug-likeness (QED) is 0.921. The minimum atomic E-state index is 0.183. The molecule has 2 heterocycles. The van der Waals surface area contributed by atoms with E-state index in [4.69, 9.17) is 23.2 Å². The Hall–Kier alpha value is -0.610. The number of halogens is 2. The number of thiophene rings is 1. The van der Waals surface area contributed by atoms with E-state index in [0.29, 0.717) is 5.02 Å². The first kappa shape index (κ1) is 12.8. The Bertz CT molecular complexity index is 499. The Morgan fingerprint density at radius 1 is 1.35 bits per heavy atom. The average molecular weight is 287 g/mol. The largest absolute Gasteiger partial charge is 0.312 e. The lowest BCUT2D eigenvalue weighted by Gasteiger charge is -2.16. The van der Waals surface area contributed by atoms with Crippen molar-refractivity contribution in [2.45, 2.75) is 12.5 Å². The Morgan fingerprint density at radius 2 is 2.18 bits per heavy atom. The molecule has 2 aromatic rings. The van der Waals surface area contributed by atoms with E-state index in [-0.39, 0.29) is 6.04 Å². The van der Waals surface area contributed by atoms with Crippen molar-refractivity contribution in [1.82, 2.24) is 10.3 Å². The number of aromatic nitrogens is 1. The molecule has 0 saturated heterocycles. The number of hydrogen-bond acceptors (Lipinski definition) is 3. The maximum atomic E-state index is 6.14. The van der Waals surface area contributed by atoms with Gasteiger partial charge in [0.2, 0.25) is 0 Å². The van der Waals surface area contributed by atoms with Crippen molar-refractivity contribution >= 4 is 34.5 Å². The first-order valence-electron chi connectivity index (χ1n) is 5.21. The molecular formula is C12H12Cl2N2S. The Morgan fingerprint density at radius 3 is 2.76 bits per heavy atom. The fraction of sp³-hybridized carbons (Fsp3) is 0.250. The highest BCUT2D eigenvalue weighted by atomic mass is 35.5. The highest BCUT2D eigenvalue weighted by molar-refractivity contribution is 7.10. The van der Waals surface area contributed by atoms with Crippen LogP contribution in [0.1, 0.15) is 16.5 Å². The predicted octanol–water partition coefficient (Wildman–Crippen LogP) is 3.95. The molecule has 5 heteroatoms. The summed E-state index contributed by atoms with van der Waals surface area (Å²) >= 11 is 13.9. The predicted molar refractivity (Wildman–Crippen MR) is 74.1 cm³/mol. The van der Waals surface area contributed by atoms with Crippen LogP contribution in [0.2, 0.25) is 10.0 Å². The van der Waals surface area contributed by atoms with Crippen molar-refractivity contribution in [1.29, 1.82) is 0 Å². The molecule has 90 valence electrons. The van der Waals surface area contributed by atoms with Gasteiger partial charge in [-0.1, -0.05) is 23.2 Å². The van der Waals surface area contributed by atoms with Crippen molar-refractivity contribution in [2.75, 3.05) is 7.05 Å². The zero-order valence-electron chi connectivity index (χ0n) is 9.28. The minimum Gasteiger partial charge on any atom is -0.312 e. The first-order valence-corrected chi connectivity index (χ1v) is 6.84.